The molecular weight excluding hydrogens is 460 g/mol. The van der Waals surface area contributed by atoms with Gasteiger partial charge in [0.1, 0.15) is 17.6 Å². The minimum atomic E-state index is -0.411. The normalized spacial score (nSPS) is 13.8. The van der Waals surface area contributed by atoms with Crippen LogP contribution in [0.5, 0.6) is 5.75 Å². The monoisotopic (exact) mass is 488 g/mol. The topological polar surface area (TPSA) is 117 Å². The zero-order valence-corrected chi connectivity index (χ0v) is 20.5. The standard InChI is InChI=1S/C26H28N6O4/c1-18-19(2)31(21-8-10-23(36-3)11-9-21)26(24(18)16-27)28-25(33)17-29-12-14-30(15-13-29)20-4-6-22(7-5-20)32(34)35/h4-11H,12-15,17H2,1-3H3,(H,28,33). The largest absolute Gasteiger partial charge is 0.497 e. The van der Waals surface area contributed by atoms with Crippen LogP contribution < -0.4 is 15.0 Å². The van der Waals surface area contributed by atoms with E-state index in [1.54, 1.807) is 19.2 Å². The zero-order valence-electron chi connectivity index (χ0n) is 20.5. The Kier molecular flexibility index (Phi) is 7.22. The summed E-state index contributed by atoms with van der Waals surface area (Å²) in [5.41, 5.74) is 3.95. The Morgan fingerprint density at radius 1 is 1.06 bits per heavy atom. The lowest BCUT2D eigenvalue weighted by Gasteiger charge is -2.35. The molecule has 10 nitrogen and oxygen atoms in total. The summed E-state index contributed by atoms with van der Waals surface area (Å²) in [4.78, 5) is 27.7. The molecule has 0 radical (unpaired) electrons. The Hall–Kier alpha value is -4.36. The van der Waals surface area contributed by atoms with Crippen LogP contribution in [0.2, 0.25) is 0 Å². The Morgan fingerprint density at radius 2 is 1.67 bits per heavy atom. The number of anilines is 2. The lowest BCUT2D eigenvalue weighted by atomic mass is 10.2. The van der Waals surface area contributed by atoms with E-state index in [1.165, 1.54) is 12.1 Å². The molecule has 0 aliphatic carbocycles. The van der Waals surface area contributed by atoms with Gasteiger partial charge >= 0.3 is 0 Å². The van der Waals surface area contributed by atoms with E-state index < -0.39 is 4.92 Å². The van der Waals surface area contributed by atoms with E-state index in [2.05, 4.69) is 21.2 Å². The van der Waals surface area contributed by atoms with Gasteiger partial charge in [-0.25, -0.2) is 0 Å². The molecule has 3 aromatic rings. The lowest BCUT2D eigenvalue weighted by Crippen LogP contribution is -2.48. The van der Waals surface area contributed by atoms with Gasteiger partial charge in [0.25, 0.3) is 5.69 Å². The highest BCUT2D eigenvalue weighted by Gasteiger charge is 2.24. The number of nitrogens with one attached hydrogen (secondary N) is 1. The minimum absolute atomic E-state index is 0.0654. The molecule has 0 atom stereocenters. The molecule has 1 fully saturated rings. The predicted octanol–water partition coefficient (Wildman–Crippen LogP) is 3.64. The number of hydrogen-bond acceptors (Lipinski definition) is 7. The van der Waals surface area contributed by atoms with Gasteiger partial charge in [0.15, 0.2) is 0 Å². The molecular formula is C26H28N6O4. The molecule has 10 heteroatoms. The lowest BCUT2D eigenvalue weighted by molar-refractivity contribution is -0.384. The third-order valence-corrected chi connectivity index (χ3v) is 6.58. The number of ether oxygens (including phenoxy) is 1. The molecule has 0 unspecified atom stereocenters. The number of piperazine rings is 1. The number of hydrogen-bond donors (Lipinski definition) is 1. The van der Waals surface area contributed by atoms with Crippen molar-refractivity contribution in [1.82, 2.24) is 9.47 Å². The number of nitrogens with zero attached hydrogens (tertiary/aromatic N) is 5. The van der Waals surface area contributed by atoms with Crippen molar-refractivity contribution in [1.29, 1.82) is 5.26 Å². The smallest absolute Gasteiger partial charge is 0.269 e. The van der Waals surface area contributed by atoms with Crippen molar-refractivity contribution in [3.63, 3.8) is 0 Å². The van der Waals surface area contributed by atoms with Crippen LogP contribution in [0.25, 0.3) is 5.69 Å². The summed E-state index contributed by atoms with van der Waals surface area (Å²) >= 11 is 0. The molecule has 4 rings (SSSR count). The summed E-state index contributed by atoms with van der Waals surface area (Å²) in [6, 6.07) is 16.2. The van der Waals surface area contributed by atoms with Crippen LogP contribution >= 0.6 is 0 Å². The maximum absolute atomic E-state index is 13.0. The van der Waals surface area contributed by atoms with Gasteiger partial charge in [-0.2, -0.15) is 5.26 Å². The zero-order chi connectivity index (χ0) is 25.8. The fraction of sp³-hybridized carbons (Fsp3) is 0.308. The van der Waals surface area contributed by atoms with Gasteiger partial charge in [0.2, 0.25) is 5.91 Å². The molecule has 1 aliphatic rings. The van der Waals surface area contributed by atoms with E-state index >= 15 is 0 Å². The first-order valence-electron chi connectivity index (χ1n) is 11.6. The number of methoxy groups -OCH3 is 1. The first kappa shape index (κ1) is 24.8. The summed E-state index contributed by atoms with van der Waals surface area (Å²) in [6.07, 6.45) is 0. The second-order valence-corrected chi connectivity index (χ2v) is 8.66. The molecule has 1 saturated heterocycles. The van der Waals surface area contributed by atoms with E-state index in [9.17, 15) is 20.2 Å². The molecule has 36 heavy (non-hydrogen) atoms. The van der Waals surface area contributed by atoms with E-state index in [0.717, 1.165) is 28.4 Å². The van der Waals surface area contributed by atoms with Gasteiger partial charge in [-0.1, -0.05) is 0 Å². The summed E-state index contributed by atoms with van der Waals surface area (Å²) in [6.45, 7) is 6.75. The molecule has 2 heterocycles. The highest BCUT2D eigenvalue weighted by atomic mass is 16.6. The second-order valence-electron chi connectivity index (χ2n) is 8.66. The number of nitro benzene ring substituents is 1. The fourth-order valence-electron chi connectivity index (χ4n) is 4.44. The Bertz CT molecular complexity index is 1300. The first-order valence-corrected chi connectivity index (χ1v) is 11.6. The van der Waals surface area contributed by atoms with Crippen LogP contribution in [-0.2, 0) is 4.79 Å². The molecule has 1 aromatic heterocycles. The summed E-state index contributed by atoms with van der Waals surface area (Å²) < 4.78 is 7.13. The van der Waals surface area contributed by atoms with Gasteiger partial charge in [-0.05, 0) is 55.8 Å². The maximum Gasteiger partial charge on any atom is 0.269 e. The number of benzene rings is 2. The van der Waals surface area contributed by atoms with Gasteiger partial charge in [-0.3, -0.25) is 24.4 Å². The number of rotatable bonds is 7. The summed E-state index contributed by atoms with van der Waals surface area (Å²) in [5.74, 6) is 0.994. The van der Waals surface area contributed by atoms with Crippen molar-refractivity contribution in [2.24, 2.45) is 0 Å². The van der Waals surface area contributed by atoms with Gasteiger partial charge < -0.3 is 15.0 Å². The number of carbonyl (C=O) groups excluding carboxylic acids is 1. The number of nitriles is 1. The number of carbonyl (C=O) groups is 1. The quantitative estimate of drug-likeness (QED) is 0.399. The van der Waals surface area contributed by atoms with E-state index in [4.69, 9.17) is 4.74 Å². The van der Waals surface area contributed by atoms with Crippen molar-refractivity contribution in [2.45, 2.75) is 13.8 Å². The average Bonchev–Trinajstić information content (AvgIpc) is 3.12. The molecule has 1 aliphatic heterocycles. The fourth-order valence-corrected chi connectivity index (χ4v) is 4.44. The van der Waals surface area contributed by atoms with E-state index in [1.807, 2.05) is 42.7 Å². The summed E-state index contributed by atoms with van der Waals surface area (Å²) in [5, 5.41) is 23.7. The number of amides is 1. The average molecular weight is 489 g/mol. The van der Waals surface area contributed by atoms with Crippen molar-refractivity contribution in [3.05, 3.63) is 75.5 Å². The molecule has 0 spiro atoms. The van der Waals surface area contributed by atoms with Crippen molar-refractivity contribution in [2.75, 3.05) is 50.1 Å². The Morgan fingerprint density at radius 3 is 2.22 bits per heavy atom. The molecule has 2 aromatic carbocycles. The third-order valence-electron chi connectivity index (χ3n) is 6.58. The molecule has 1 amide bonds. The number of aromatic nitrogens is 1. The van der Waals surface area contributed by atoms with Gasteiger partial charge in [0, 0.05) is 55.4 Å². The van der Waals surface area contributed by atoms with E-state index in [-0.39, 0.29) is 18.1 Å². The van der Waals surface area contributed by atoms with Gasteiger partial charge in [-0.15, -0.1) is 0 Å². The first-order chi connectivity index (χ1) is 17.3. The second kappa shape index (κ2) is 10.5. The number of non-ortho nitro benzene ring substituents is 1. The van der Waals surface area contributed by atoms with Crippen LogP contribution in [0.1, 0.15) is 16.8 Å². The highest BCUT2D eigenvalue weighted by Crippen LogP contribution is 2.31. The van der Waals surface area contributed by atoms with E-state index in [0.29, 0.717) is 37.6 Å². The van der Waals surface area contributed by atoms with Crippen molar-refractivity contribution >= 4 is 23.1 Å². The summed E-state index contributed by atoms with van der Waals surface area (Å²) in [7, 11) is 1.60. The SMILES string of the molecule is COc1ccc(-n2c(C)c(C)c(C#N)c2NC(=O)CN2CCN(c3ccc([N+](=O)[O-])cc3)CC2)cc1. The Labute approximate surface area is 209 Å². The molecule has 1 N–H and O–H groups in total. The van der Waals surface area contributed by atoms with Crippen LogP contribution in [0.3, 0.4) is 0 Å². The van der Waals surface area contributed by atoms with Crippen LogP contribution in [0.4, 0.5) is 17.2 Å². The van der Waals surface area contributed by atoms with Crippen molar-refractivity contribution in [3.8, 4) is 17.5 Å². The van der Waals surface area contributed by atoms with Crippen LogP contribution in [0, 0.1) is 35.3 Å². The third kappa shape index (κ3) is 5.01. The maximum atomic E-state index is 13.0. The predicted molar refractivity (Wildman–Crippen MR) is 137 cm³/mol. The highest BCUT2D eigenvalue weighted by molar-refractivity contribution is 5.93. The number of nitro groups is 1. The van der Waals surface area contributed by atoms with Crippen molar-refractivity contribution < 1.29 is 14.5 Å². The Balaban J connectivity index is 1.43. The van der Waals surface area contributed by atoms with Crippen LogP contribution in [-0.4, -0.2) is 60.1 Å². The molecule has 186 valence electrons. The van der Waals surface area contributed by atoms with Gasteiger partial charge in [0.05, 0.1) is 24.1 Å². The van der Waals surface area contributed by atoms with Crippen LogP contribution in [0.15, 0.2) is 48.5 Å². The minimum Gasteiger partial charge on any atom is -0.497 e. The molecule has 0 bridgehead atoms. The molecule has 0 saturated carbocycles.